The molecule has 5 nitrogen and oxygen atoms in total. The van der Waals surface area contributed by atoms with Gasteiger partial charge in [0.1, 0.15) is 17.5 Å². The van der Waals surface area contributed by atoms with E-state index in [-0.39, 0.29) is 30.3 Å². The van der Waals surface area contributed by atoms with Crippen LogP contribution in [0.25, 0.3) is 0 Å². The van der Waals surface area contributed by atoms with E-state index < -0.39 is 0 Å². The largest absolute Gasteiger partial charge is 0.384 e. The summed E-state index contributed by atoms with van der Waals surface area (Å²) in [6.07, 6.45) is 0.566. The zero-order valence-corrected chi connectivity index (χ0v) is 12.1. The second kappa shape index (κ2) is 6.67. The number of nitrogens with two attached hydrogens (primary N) is 2. The van der Waals surface area contributed by atoms with Gasteiger partial charge in [-0.05, 0) is 23.3 Å². The van der Waals surface area contributed by atoms with E-state index >= 15 is 0 Å². The number of ketones is 1. The lowest BCUT2D eigenvalue weighted by molar-refractivity contribution is -0.117. The van der Waals surface area contributed by atoms with Crippen molar-refractivity contribution in [2.75, 3.05) is 0 Å². The number of carbonyl (C=O) groups excluding carboxylic acids is 1. The molecule has 0 atom stereocenters. The summed E-state index contributed by atoms with van der Waals surface area (Å²) in [6, 6.07) is 14.3. The van der Waals surface area contributed by atoms with Gasteiger partial charge in [0.05, 0.1) is 0 Å². The molecule has 0 fully saturated rings. The summed E-state index contributed by atoms with van der Waals surface area (Å²) in [5, 5.41) is 14.8. The van der Waals surface area contributed by atoms with Crippen molar-refractivity contribution in [3.63, 3.8) is 0 Å². The number of Topliss-reactive ketones (excluding diaryl/α,β-unsaturated/α-hetero) is 1. The first-order valence-electron chi connectivity index (χ1n) is 6.84. The molecule has 2 aromatic rings. The van der Waals surface area contributed by atoms with Crippen LogP contribution in [0.3, 0.4) is 0 Å². The average Bonchev–Trinajstić information content (AvgIpc) is 2.47. The maximum atomic E-state index is 12.2. The molecule has 22 heavy (non-hydrogen) atoms. The lowest BCUT2D eigenvalue weighted by Gasteiger charge is -2.06. The van der Waals surface area contributed by atoms with Gasteiger partial charge >= 0.3 is 0 Å². The number of nitrogens with one attached hydrogen (secondary N) is 2. The third-order valence-corrected chi connectivity index (χ3v) is 3.28. The summed E-state index contributed by atoms with van der Waals surface area (Å²) in [7, 11) is 0. The molecular weight excluding hydrogens is 276 g/mol. The van der Waals surface area contributed by atoms with Gasteiger partial charge in [-0.3, -0.25) is 15.6 Å². The minimum absolute atomic E-state index is 0.0107. The normalized spacial score (nSPS) is 10.2. The predicted molar refractivity (Wildman–Crippen MR) is 87.3 cm³/mol. The van der Waals surface area contributed by atoms with E-state index in [4.69, 9.17) is 22.3 Å². The molecule has 112 valence electrons. The number of rotatable bonds is 6. The van der Waals surface area contributed by atoms with Crippen LogP contribution < -0.4 is 11.5 Å². The van der Waals surface area contributed by atoms with E-state index in [2.05, 4.69) is 0 Å². The smallest absolute Gasteiger partial charge is 0.141 e. The highest BCUT2D eigenvalue weighted by Crippen LogP contribution is 2.10. The minimum atomic E-state index is -0.0107. The number of carbonyl (C=O) groups is 1. The Labute approximate surface area is 129 Å². The summed E-state index contributed by atoms with van der Waals surface area (Å²) in [6.45, 7) is 0. The Morgan fingerprint density at radius 3 is 1.59 bits per heavy atom. The van der Waals surface area contributed by atoms with Crippen LogP contribution in [-0.4, -0.2) is 17.5 Å². The number of hydrogen-bond donors (Lipinski definition) is 4. The Bertz CT molecular complexity index is 675. The van der Waals surface area contributed by atoms with Crippen LogP contribution in [-0.2, 0) is 17.6 Å². The van der Waals surface area contributed by atoms with Gasteiger partial charge in [-0.1, -0.05) is 36.4 Å². The van der Waals surface area contributed by atoms with E-state index in [1.54, 1.807) is 36.4 Å². The van der Waals surface area contributed by atoms with Crippen molar-refractivity contribution >= 4 is 17.5 Å². The molecule has 6 N–H and O–H groups in total. The third-order valence-electron chi connectivity index (χ3n) is 3.28. The molecule has 0 spiro atoms. The second-order valence-electron chi connectivity index (χ2n) is 5.12. The number of amidine groups is 2. The molecule has 0 amide bonds. The van der Waals surface area contributed by atoms with Gasteiger partial charge in [0, 0.05) is 24.0 Å². The van der Waals surface area contributed by atoms with E-state index in [0.717, 1.165) is 11.1 Å². The van der Waals surface area contributed by atoms with Gasteiger partial charge in [0.2, 0.25) is 0 Å². The fraction of sp³-hybridized carbons (Fsp3) is 0.118. The molecule has 0 unspecified atom stereocenters. The van der Waals surface area contributed by atoms with Crippen LogP contribution in [0.5, 0.6) is 0 Å². The lowest BCUT2D eigenvalue weighted by Crippen LogP contribution is -2.13. The summed E-state index contributed by atoms with van der Waals surface area (Å²) >= 11 is 0. The SMILES string of the molecule is N=C(N)c1cccc(CC(=O)Cc2cccc(C(=N)N)c2)c1. The van der Waals surface area contributed by atoms with Crippen molar-refractivity contribution in [2.45, 2.75) is 12.8 Å². The molecule has 2 rings (SSSR count). The maximum Gasteiger partial charge on any atom is 0.141 e. The standard InChI is InChI=1S/C17H18N4O/c18-16(19)13-5-1-3-11(7-13)9-15(22)10-12-4-2-6-14(8-12)17(20)21/h1-8H,9-10H2,(H3,18,19)(H3,20,21). The van der Waals surface area contributed by atoms with Crippen molar-refractivity contribution in [3.05, 3.63) is 70.8 Å². The third kappa shape index (κ3) is 4.02. The monoisotopic (exact) mass is 294 g/mol. The molecule has 0 heterocycles. The Kier molecular flexibility index (Phi) is 4.68. The summed E-state index contributed by atoms with van der Waals surface area (Å²) in [5.74, 6) is 0.0355. The molecule has 0 aromatic heterocycles. The lowest BCUT2D eigenvalue weighted by atomic mass is 10.00. The first-order valence-corrected chi connectivity index (χ1v) is 6.84. The quantitative estimate of drug-likeness (QED) is 0.479. The van der Waals surface area contributed by atoms with Crippen LogP contribution in [0.2, 0.25) is 0 Å². The van der Waals surface area contributed by atoms with Gasteiger partial charge in [-0.25, -0.2) is 0 Å². The van der Waals surface area contributed by atoms with Crippen LogP contribution in [0, 0.1) is 10.8 Å². The first-order chi connectivity index (χ1) is 10.5. The van der Waals surface area contributed by atoms with Crippen molar-refractivity contribution in [1.82, 2.24) is 0 Å². The van der Waals surface area contributed by atoms with Gasteiger partial charge in [-0.2, -0.15) is 0 Å². The molecular formula is C17H18N4O. The highest BCUT2D eigenvalue weighted by atomic mass is 16.1. The van der Waals surface area contributed by atoms with E-state index in [1.165, 1.54) is 0 Å². The summed E-state index contributed by atoms with van der Waals surface area (Å²) in [4.78, 5) is 12.2. The predicted octanol–water partition coefficient (Wildman–Crippen LogP) is 1.61. The highest BCUT2D eigenvalue weighted by Gasteiger charge is 2.08. The molecule has 0 aliphatic carbocycles. The topological polar surface area (TPSA) is 117 Å². The number of hydrogen-bond acceptors (Lipinski definition) is 3. The number of nitrogen functional groups attached to an aromatic ring is 2. The highest BCUT2D eigenvalue weighted by molar-refractivity contribution is 5.96. The second-order valence-corrected chi connectivity index (χ2v) is 5.12. The van der Waals surface area contributed by atoms with Crippen molar-refractivity contribution in [2.24, 2.45) is 11.5 Å². The Hall–Kier alpha value is -2.95. The summed E-state index contributed by atoms with van der Waals surface area (Å²) in [5.41, 5.74) is 13.8. The van der Waals surface area contributed by atoms with Gasteiger partial charge in [0.25, 0.3) is 0 Å². The Morgan fingerprint density at radius 1 is 0.818 bits per heavy atom. The number of benzene rings is 2. The Balaban J connectivity index is 2.07. The molecule has 0 saturated carbocycles. The van der Waals surface area contributed by atoms with Crippen molar-refractivity contribution in [3.8, 4) is 0 Å². The van der Waals surface area contributed by atoms with Crippen LogP contribution in [0.4, 0.5) is 0 Å². The minimum Gasteiger partial charge on any atom is -0.384 e. The molecule has 0 aliphatic heterocycles. The van der Waals surface area contributed by atoms with Gasteiger partial charge in [-0.15, -0.1) is 0 Å². The van der Waals surface area contributed by atoms with Crippen LogP contribution in [0.15, 0.2) is 48.5 Å². The average molecular weight is 294 g/mol. The molecule has 0 saturated heterocycles. The fourth-order valence-electron chi connectivity index (χ4n) is 2.22. The first kappa shape index (κ1) is 15.4. The maximum absolute atomic E-state index is 12.2. The molecule has 0 bridgehead atoms. The molecule has 5 heteroatoms. The molecule has 0 aliphatic rings. The molecule has 2 aromatic carbocycles. The van der Waals surface area contributed by atoms with E-state index in [1.807, 2.05) is 12.1 Å². The zero-order valence-electron chi connectivity index (χ0n) is 12.1. The van der Waals surface area contributed by atoms with Crippen molar-refractivity contribution in [1.29, 1.82) is 10.8 Å². The Morgan fingerprint density at radius 2 is 1.23 bits per heavy atom. The molecule has 0 radical (unpaired) electrons. The van der Waals surface area contributed by atoms with Gasteiger partial charge in [0.15, 0.2) is 0 Å². The van der Waals surface area contributed by atoms with E-state index in [9.17, 15) is 4.79 Å². The van der Waals surface area contributed by atoms with Crippen LogP contribution >= 0.6 is 0 Å². The fourth-order valence-corrected chi connectivity index (χ4v) is 2.22. The van der Waals surface area contributed by atoms with E-state index in [0.29, 0.717) is 11.1 Å². The van der Waals surface area contributed by atoms with Crippen LogP contribution in [0.1, 0.15) is 22.3 Å². The summed E-state index contributed by atoms with van der Waals surface area (Å²) < 4.78 is 0. The van der Waals surface area contributed by atoms with Crippen molar-refractivity contribution < 1.29 is 4.79 Å². The van der Waals surface area contributed by atoms with Gasteiger partial charge < -0.3 is 11.5 Å². The zero-order chi connectivity index (χ0) is 16.1.